The highest BCUT2D eigenvalue weighted by Gasteiger charge is 2.36. The summed E-state index contributed by atoms with van der Waals surface area (Å²) in [5.74, 6) is -1.68. The highest BCUT2D eigenvalue weighted by Crippen LogP contribution is 2.23. The number of rotatable bonds is 6. The van der Waals surface area contributed by atoms with Crippen LogP contribution in [0.5, 0.6) is 11.5 Å². The lowest BCUT2D eigenvalue weighted by molar-refractivity contribution is -0.140. The second kappa shape index (κ2) is 8.68. The minimum atomic E-state index is -0.976. The Morgan fingerprint density at radius 3 is 2.22 bits per heavy atom. The number of nitrogens with one attached hydrogen (secondary N) is 2. The van der Waals surface area contributed by atoms with Gasteiger partial charge in [0.2, 0.25) is 0 Å². The van der Waals surface area contributed by atoms with Gasteiger partial charge in [0.25, 0.3) is 5.91 Å². The second-order valence-electron chi connectivity index (χ2n) is 6.89. The zero-order valence-electron chi connectivity index (χ0n) is 16.5. The standard InChI is InChI=1S/C23H16FN3O5/c24-16-4-8-18(9-5-16)32-19-10-6-17(7-11-19)25-20(28)15-3-1-2-14(12-15)13-27-22(30)21(29)26-23(27)31/h1-12H,13H2,(H,25,28)(H,26,29,31). The lowest BCUT2D eigenvalue weighted by Gasteiger charge is -2.12. The van der Waals surface area contributed by atoms with E-state index in [1.807, 2.05) is 5.32 Å². The maximum absolute atomic E-state index is 13.0. The number of ether oxygens (including phenoxy) is 1. The highest BCUT2D eigenvalue weighted by atomic mass is 19.1. The molecule has 1 fully saturated rings. The van der Waals surface area contributed by atoms with Gasteiger partial charge in [0.1, 0.15) is 17.3 Å². The maximum atomic E-state index is 13.0. The molecular weight excluding hydrogens is 417 g/mol. The summed E-state index contributed by atoms with van der Waals surface area (Å²) in [6.07, 6.45) is 0. The van der Waals surface area contributed by atoms with Crippen molar-refractivity contribution in [3.8, 4) is 11.5 Å². The molecule has 32 heavy (non-hydrogen) atoms. The van der Waals surface area contributed by atoms with Crippen LogP contribution in [0.4, 0.5) is 14.9 Å². The van der Waals surface area contributed by atoms with Crippen molar-refractivity contribution in [2.75, 3.05) is 5.32 Å². The van der Waals surface area contributed by atoms with Gasteiger partial charge in [-0.15, -0.1) is 0 Å². The molecule has 1 aliphatic heterocycles. The summed E-state index contributed by atoms with van der Waals surface area (Å²) < 4.78 is 18.6. The molecule has 1 saturated heterocycles. The minimum Gasteiger partial charge on any atom is -0.457 e. The first-order chi connectivity index (χ1) is 15.4. The van der Waals surface area contributed by atoms with Gasteiger partial charge in [-0.05, 0) is 66.2 Å². The number of hydrogen-bond acceptors (Lipinski definition) is 5. The van der Waals surface area contributed by atoms with Gasteiger partial charge in [-0.2, -0.15) is 0 Å². The lowest BCUT2D eigenvalue weighted by Crippen LogP contribution is -2.30. The van der Waals surface area contributed by atoms with Gasteiger partial charge >= 0.3 is 17.8 Å². The van der Waals surface area contributed by atoms with E-state index in [0.29, 0.717) is 28.3 Å². The van der Waals surface area contributed by atoms with Crippen molar-refractivity contribution in [1.29, 1.82) is 0 Å². The Morgan fingerprint density at radius 2 is 1.59 bits per heavy atom. The van der Waals surface area contributed by atoms with Crippen molar-refractivity contribution in [2.45, 2.75) is 6.54 Å². The zero-order valence-corrected chi connectivity index (χ0v) is 16.5. The van der Waals surface area contributed by atoms with Crippen LogP contribution in [-0.2, 0) is 16.1 Å². The van der Waals surface area contributed by atoms with E-state index in [4.69, 9.17) is 4.74 Å². The van der Waals surface area contributed by atoms with Crippen LogP contribution in [0.25, 0.3) is 0 Å². The molecule has 0 spiro atoms. The summed E-state index contributed by atoms with van der Waals surface area (Å²) in [6, 6.07) is 17.8. The molecule has 0 bridgehead atoms. The average molecular weight is 433 g/mol. The van der Waals surface area contributed by atoms with E-state index in [1.54, 1.807) is 42.5 Å². The van der Waals surface area contributed by atoms with Crippen LogP contribution in [0.1, 0.15) is 15.9 Å². The molecule has 0 saturated carbocycles. The number of hydrogen-bond donors (Lipinski definition) is 2. The van der Waals surface area contributed by atoms with Crippen LogP contribution >= 0.6 is 0 Å². The third-order valence-electron chi connectivity index (χ3n) is 4.60. The Balaban J connectivity index is 1.40. The fourth-order valence-electron chi connectivity index (χ4n) is 3.02. The lowest BCUT2D eigenvalue weighted by atomic mass is 10.1. The second-order valence-corrected chi connectivity index (χ2v) is 6.89. The SMILES string of the molecule is O=C1NC(=O)N(Cc2cccc(C(=O)Nc3ccc(Oc4ccc(F)cc4)cc3)c2)C1=O. The molecule has 9 heteroatoms. The fraction of sp³-hybridized carbons (Fsp3) is 0.0435. The van der Waals surface area contributed by atoms with E-state index in [9.17, 15) is 23.6 Å². The molecule has 1 aliphatic rings. The molecule has 1 heterocycles. The van der Waals surface area contributed by atoms with Crippen LogP contribution in [0.2, 0.25) is 0 Å². The van der Waals surface area contributed by atoms with Crippen LogP contribution in [0, 0.1) is 5.82 Å². The van der Waals surface area contributed by atoms with Crippen molar-refractivity contribution >= 4 is 29.4 Å². The molecule has 0 atom stereocenters. The van der Waals surface area contributed by atoms with Gasteiger partial charge in [-0.25, -0.2) is 9.18 Å². The predicted molar refractivity (Wildman–Crippen MR) is 111 cm³/mol. The normalized spacial score (nSPS) is 13.2. The number of halogens is 1. The van der Waals surface area contributed by atoms with Crippen molar-refractivity contribution in [3.05, 3.63) is 89.7 Å². The number of carbonyl (C=O) groups excluding carboxylic acids is 4. The molecule has 2 N–H and O–H groups in total. The van der Waals surface area contributed by atoms with Crippen molar-refractivity contribution < 1.29 is 28.3 Å². The number of benzene rings is 3. The Bertz CT molecular complexity index is 1210. The molecule has 4 rings (SSSR count). The molecular formula is C23H16FN3O5. The van der Waals surface area contributed by atoms with Crippen LogP contribution < -0.4 is 15.4 Å². The fourth-order valence-corrected chi connectivity index (χ4v) is 3.02. The Kier molecular flexibility index (Phi) is 5.63. The largest absolute Gasteiger partial charge is 0.457 e. The molecule has 3 aromatic rings. The summed E-state index contributed by atoms with van der Waals surface area (Å²) in [5, 5.41) is 4.67. The minimum absolute atomic E-state index is 0.132. The van der Waals surface area contributed by atoms with Crippen LogP contribution in [-0.4, -0.2) is 28.7 Å². The Labute approximate surface area is 181 Å². The topological polar surface area (TPSA) is 105 Å². The zero-order chi connectivity index (χ0) is 22.7. The van der Waals surface area contributed by atoms with E-state index in [2.05, 4.69) is 5.32 Å². The molecule has 8 nitrogen and oxygen atoms in total. The van der Waals surface area contributed by atoms with E-state index < -0.39 is 23.8 Å². The van der Waals surface area contributed by atoms with Gasteiger partial charge < -0.3 is 10.1 Å². The molecule has 3 aromatic carbocycles. The van der Waals surface area contributed by atoms with Gasteiger partial charge in [-0.3, -0.25) is 24.6 Å². The first kappa shape index (κ1) is 20.7. The van der Waals surface area contributed by atoms with Gasteiger partial charge in [0.15, 0.2) is 0 Å². The molecule has 0 radical (unpaired) electrons. The highest BCUT2D eigenvalue weighted by molar-refractivity contribution is 6.44. The first-order valence-corrected chi connectivity index (χ1v) is 9.49. The number of carbonyl (C=O) groups is 4. The first-order valence-electron chi connectivity index (χ1n) is 9.49. The summed E-state index contributed by atoms with van der Waals surface area (Å²) in [4.78, 5) is 48.1. The number of imide groups is 2. The maximum Gasteiger partial charge on any atom is 0.331 e. The molecule has 0 aromatic heterocycles. The Morgan fingerprint density at radius 1 is 0.938 bits per heavy atom. The molecule has 160 valence electrons. The smallest absolute Gasteiger partial charge is 0.331 e. The van der Waals surface area contributed by atoms with E-state index >= 15 is 0 Å². The van der Waals surface area contributed by atoms with Gasteiger partial charge in [-0.1, -0.05) is 12.1 Å². The van der Waals surface area contributed by atoms with E-state index in [1.165, 1.54) is 30.3 Å². The predicted octanol–water partition coefficient (Wildman–Crippen LogP) is 3.45. The average Bonchev–Trinajstić information content (AvgIpc) is 3.03. The van der Waals surface area contributed by atoms with E-state index in [0.717, 1.165) is 4.90 Å². The third kappa shape index (κ3) is 4.62. The monoisotopic (exact) mass is 433 g/mol. The van der Waals surface area contributed by atoms with Crippen molar-refractivity contribution in [2.24, 2.45) is 0 Å². The quantitative estimate of drug-likeness (QED) is 0.458. The van der Waals surface area contributed by atoms with Crippen LogP contribution in [0.15, 0.2) is 72.8 Å². The summed E-state index contributed by atoms with van der Waals surface area (Å²) >= 11 is 0. The van der Waals surface area contributed by atoms with Crippen molar-refractivity contribution in [1.82, 2.24) is 10.2 Å². The van der Waals surface area contributed by atoms with Gasteiger partial charge in [0, 0.05) is 11.3 Å². The third-order valence-corrected chi connectivity index (χ3v) is 4.60. The molecule has 5 amide bonds. The number of urea groups is 1. The van der Waals surface area contributed by atoms with E-state index in [-0.39, 0.29) is 12.4 Å². The Hall–Kier alpha value is -4.53. The molecule has 0 unspecified atom stereocenters. The van der Waals surface area contributed by atoms with Gasteiger partial charge in [0.05, 0.1) is 6.54 Å². The summed E-state index contributed by atoms with van der Waals surface area (Å²) in [5.41, 5.74) is 1.35. The summed E-state index contributed by atoms with van der Waals surface area (Å²) in [7, 11) is 0. The molecule has 0 aliphatic carbocycles. The number of anilines is 1. The van der Waals surface area contributed by atoms with Crippen LogP contribution in [0.3, 0.4) is 0 Å². The number of amides is 5. The van der Waals surface area contributed by atoms with Crippen molar-refractivity contribution in [3.63, 3.8) is 0 Å². The number of nitrogens with zero attached hydrogens (tertiary/aromatic N) is 1. The summed E-state index contributed by atoms with van der Waals surface area (Å²) in [6.45, 7) is -0.132.